The molecule has 0 heterocycles. The van der Waals surface area contributed by atoms with Gasteiger partial charge in [0, 0.05) is 6.04 Å². The zero-order valence-electron chi connectivity index (χ0n) is 13.2. The second kappa shape index (κ2) is 6.75. The van der Waals surface area contributed by atoms with Gasteiger partial charge in [-0.2, -0.15) is 0 Å². The van der Waals surface area contributed by atoms with Crippen molar-refractivity contribution >= 4 is 15.9 Å². The van der Waals surface area contributed by atoms with Gasteiger partial charge in [0.1, 0.15) is 0 Å². The zero-order chi connectivity index (χ0) is 17.2. The summed E-state index contributed by atoms with van der Waals surface area (Å²) in [6.45, 7) is 0. The molecule has 2 aromatic rings. The van der Waals surface area contributed by atoms with E-state index in [1.165, 1.54) is 23.3 Å². The summed E-state index contributed by atoms with van der Waals surface area (Å²) in [4.78, 5) is 12.3. The van der Waals surface area contributed by atoms with Gasteiger partial charge in [-0.15, -0.1) is 0 Å². The molecule has 0 aliphatic heterocycles. The van der Waals surface area contributed by atoms with Gasteiger partial charge in [0.2, 0.25) is 15.9 Å². The molecule has 3 N–H and O–H groups in total. The highest BCUT2D eigenvalue weighted by atomic mass is 32.2. The number of benzene rings is 2. The monoisotopic (exact) mass is 344 g/mol. The molecule has 0 unspecified atom stereocenters. The van der Waals surface area contributed by atoms with Crippen LogP contribution in [0.1, 0.15) is 23.1 Å². The first-order valence-electron chi connectivity index (χ1n) is 7.90. The highest BCUT2D eigenvalue weighted by molar-refractivity contribution is 7.89. The summed E-state index contributed by atoms with van der Waals surface area (Å²) in [5.41, 5.74) is 3.42. The van der Waals surface area contributed by atoms with Crippen LogP contribution < -0.4 is 10.5 Å². The molecule has 1 atom stereocenters. The van der Waals surface area contributed by atoms with Crippen LogP contribution in [0.15, 0.2) is 53.4 Å². The van der Waals surface area contributed by atoms with E-state index in [-0.39, 0.29) is 23.3 Å². The van der Waals surface area contributed by atoms with Crippen molar-refractivity contribution in [3.05, 3.63) is 65.2 Å². The largest absolute Gasteiger partial charge is 0.353 e. The molecule has 0 saturated carbocycles. The van der Waals surface area contributed by atoms with Gasteiger partial charge in [0.25, 0.3) is 0 Å². The first-order chi connectivity index (χ1) is 11.4. The summed E-state index contributed by atoms with van der Waals surface area (Å²) in [6.07, 6.45) is 2.99. The first kappa shape index (κ1) is 16.7. The molecule has 24 heavy (non-hydrogen) atoms. The van der Waals surface area contributed by atoms with E-state index in [1.807, 2.05) is 12.1 Å². The summed E-state index contributed by atoms with van der Waals surface area (Å²) >= 11 is 0. The van der Waals surface area contributed by atoms with Crippen molar-refractivity contribution in [3.63, 3.8) is 0 Å². The average Bonchev–Trinajstić information content (AvgIpc) is 2.54. The number of primary sulfonamides is 1. The van der Waals surface area contributed by atoms with Crippen LogP contribution in [-0.2, 0) is 34.1 Å². The van der Waals surface area contributed by atoms with E-state index in [4.69, 9.17) is 5.14 Å². The topological polar surface area (TPSA) is 89.3 Å². The third kappa shape index (κ3) is 4.01. The Morgan fingerprint density at radius 3 is 2.42 bits per heavy atom. The number of carbonyl (C=O) groups excluding carboxylic acids is 1. The number of rotatable bonds is 4. The van der Waals surface area contributed by atoms with Crippen molar-refractivity contribution < 1.29 is 13.2 Å². The number of nitrogens with one attached hydrogen (secondary N) is 1. The first-order valence-corrected chi connectivity index (χ1v) is 9.44. The van der Waals surface area contributed by atoms with E-state index in [0.29, 0.717) is 0 Å². The Balaban J connectivity index is 1.58. The fourth-order valence-electron chi connectivity index (χ4n) is 3.08. The Morgan fingerprint density at radius 1 is 1.08 bits per heavy atom. The molecule has 0 spiro atoms. The van der Waals surface area contributed by atoms with Gasteiger partial charge in [0.15, 0.2) is 0 Å². The van der Waals surface area contributed by atoms with Crippen LogP contribution in [0.25, 0.3) is 0 Å². The average molecular weight is 344 g/mol. The number of fused-ring (bicyclic) bond motifs is 1. The smallest absolute Gasteiger partial charge is 0.238 e. The molecule has 1 aliphatic rings. The minimum atomic E-state index is -3.70. The summed E-state index contributed by atoms with van der Waals surface area (Å²) < 4.78 is 22.5. The van der Waals surface area contributed by atoms with Crippen LogP contribution in [0.3, 0.4) is 0 Å². The minimum Gasteiger partial charge on any atom is -0.353 e. The molecule has 2 aromatic carbocycles. The lowest BCUT2D eigenvalue weighted by molar-refractivity contribution is -0.121. The van der Waals surface area contributed by atoms with Gasteiger partial charge in [-0.3, -0.25) is 4.79 Å². The van der Waals surface area contributed by atoms with Gasteiger partial charge in [-0.05, 0) is 48.1 Å². The number of carbonyl (C=O) groups is 1. The summed E-state index contributed by atoms with van der Waals surface area (Å²) in [5.74, 6) is -0.0530. The third-order valence-corrected chi connectivity index (χ3v) is 5.26. The van der Waals surface area contributed by atoms with Crippen LogP contribution in [-0.4, -0.2) is 20.4 Å². The Hall–Kier alpha value is -2.18. The van der Waals surface area contributed by atoms with E-state index in [1.54, 1.807) is 12.1 Å². The Labute approximate surface area is 141 Å². The lowest BCUT2D eigenvalue weighted by Crippen LogP contribution is -2.39. The number of aryl methyl sites for hydroxylation is 1. The molecule has 126 valence electrons. The van der Waals surface area contributed by atoms with Gasteiger partial charge < -0.3 is 5.32 Å². The Morgan fingerprint density at radius 2 is 1.75 bits per heavy atom. The van der Waals surface area contributed by atoms with Crippen molar-refractivity contribution in [1.82, 2.24) is 5.32 Å². The number of hydrogen-bond acceptors (Lipinski definition) is 3. The Bertz CT molecular complexity index is 845. The van der Waals surface area contributed by atoms with E-state index in [9.17, 15) is 13.2 Å². The van der Waals surface area contributed by atoms with Crippen LogP contribution in [0.4, 0.5) is 0 Å². The van der Waals surface area contributed by atoms with Crippen LogP contribution in [0, 0.1) is 0 Å². The maximum atomic E-state index is 12.2. The molecular weight excluding hydrogens is 324 g/mol. The number of nitrogens with two attached hydrogens (primary N) is 1. The zero-order valence-corrected chi connectivity index (χ0v) is 14.1. The van der Waals surface area contributed by atoms with E-state index in [0.717, 1.165) is 24.8 Å². The molecule has 1 aliphatic carbocycles. The predicted molar refractivity (Wildman–Crippen MR) is 91.9 cm³/mol. The molecule has 3 rings (SSSR count). The molecule has 1 amide bonds. The maximum absolute atomic E-state index is 12.2. The predicted octanol–water partition coefficient (Wildman–Crippen LogP) is 1.55. The van der Waals surface area contributed by atoms with E-state index >= 15 is 0 Å². The van der Waals surface area contributed by atoms with Crippen LogP contribution >= 0.6 is 0 Å². The lowest BCUT2D eigenvalue weighted by Gasteiger charge is -2.25. The number of amides is 1. The Kier molecular flexibility index (Phi) is 4.69. The quantitative estimate of drug-likeness (QED) is 0.882. The van der Waals surface area contributed by atoms with E-state index < -0.39 is 10.0 Å². The van der Waals surface area contributed by atoms with Crippen LogP contribution in [0.5, 0.6) is 0 Å². The normalized spacial score (nSPS) is 17.1. The molecule has 0 bridgehead atoms. The van der Waals surface area contributed by atoms with Gasteiger partial charge >= 0.3 is 0 Å². The minimum absolute atomic E-state index is 0.0514. The maximum Gasteiger partial charge on any atom is 0.238 e. The molecule has 0 saturated heterocycles. The van der Waals surface area contributed by atoms with Gasteiger partial charge in [-0.1, -0.05) is 36.4 Å². The molecule has 0 aromatic heterocycles. The second-order valence-electron chi connectivity index (χ2n) is 6.14. The second-order valence-corrected chi connectivity index (χ2v) is 7.70. The summed E-state index contributed by atoms with van der Waals surface area (Å²) in [6, 6.07) is 14.6. The highest BCUT2D eigenvalue weighted by Crippen LogP contribution is 2.21. The van der Waals surface area contributed by atoms with Crippen molar-refractivity contribution in [1.29, 1.82) is 0 Å². The van der Waals surface area contributed by atoms with Crippen molar-refractivity contribution in [2.45, 2.75) is 36.6 Å². The SMILES string of the molecule is NS(=O)(=O)c1ccc(CC(=O)N[C@H]2CCc3ccccc3C2)cc1. The highest BCUT2D eigenvalue weighted by Gasteiger charge is 2.19. The van der Waals surface area contributed by atoms with Crippen molar-refractivity contribution in [3.8, 4) is 0 Å². The molecule has 0 fully saturated rings. The third-order valence-electron chi connectivity index (χ3n) is 4.33. The molecule has 6 heteroatoms. The molecular formula is C18H20N2O3S. The standard InChI is InChI=1S/C18H20N2O3S/c19-24(22,23)17-9-5-13(6-10-17)11-18(21)20-16-8-7-14-3-1-2-4-15(14)12-16/h1-6,9-10,16H,7-8,11-12H2,(H,20,21)(H2,19,22,23)/t16-/m0/s1. The van der Waals surface area contributed by atoms with Gasteiger partial charge in [-0.25, -0.2) is 13.6 Å². The fraction of sp³-hybridized carbons (Fsp3) is 0.278. The van der Waals surface area contributed by atoms with Crippen molar-refractivity contribution in [2.75, 3.05) is 0 Å². The number of hydrogen-bond donors (Lipinski definition) is 2. The lowest BCUT2D eigenvalue weighted by atomic mass is 9.88. The fourth-order valence-corrected chi connectivity index (χ4v) is 3.60. The number of sulfonamides is 1. The summed E-state index contributed by atoms with van der Waals surface area (Å²) in [5, 5.41) is 8.13. The van der Waals surface area contributed by atoms with Gasteiger partial charge in [0.05, 0.1) is 11.3 Å². The summed E-state index contributed by atoms with van der Waals surface area (Å²) in [7, 11) is -3.70. The molecule has 0 radical (unpaired) electrons. The van der Waals surface area contributed by atoms with E-state index in [2.05, 4.69) is 17.4 Å². The van der Waals surface area contributed by atoms with Crippen LogP contribution in [0.2, 0.25) is 0 Å². The molecule has 5 nitrogen and oxygen atoms in total. The van der Waals surface area contributed by atoms with Crippen molar-refractivity contribution in [2.24, 2.45) is 5.14 Å².